The number of hydrogen-bond acceptors (Lipinski definition) is 5. The van der Waals surface area contributed by atoms with Gasteiger partial charge in [-0.25, -0.2) is 0 Å². The number of aromatic nitrogens is 4. The standard InChI is InChI=1S/C20H19N5O2S/c1-2-24-19(11-15-12-21-18-9-4-3-8-17(15)18)22-23-20(24)28-13-14-6-5-7-16(10-14)25(26)27/h3-10,12,21H,2,11,13H2,1H3. The molecule has 0 fully saturated rings. The summed E-state index contributed by atoms with van der Waals surface area (Å²) in [6, 6.07) is 14.9. The zero-order chi connectivity index (χ0) is 19.5. The lowest BCUT2D eigenvalue weighted by molar-refractivity contribution is -0.384. The lowest BCUT2D eigenvalue weighted by Gasteiger charge is -2.07. The molecule has 0 saturated heterocycles. The van der Waals surface area contributed by atoms with Crippen LogP contribution in [0, 0.1) is 10.1 Å². The summed E-state index contributed by atoms with van der Waals surface area (Å²) >= 11 is 1.54. The van der Waals surface area contributed by atoms with Crippen molar-refractivity contribution < 1.29 is 4.92 Å². The molecular formula is C20H19N5O2S. The number of nitro benzene ring substituents is 1. The summed E-state index contributed by atoms with van der Waals surface area (Å²) in [5, 5.41) is 21.7. The van der Waals surface area contributed by atoms with E-state index >= 15 is 0 Å². The molecule has 4 rings (SSSR count). The number of hydrogen-bond donors (Lipinski definition) is 1. The maximum absolute atomic E-state index is 10.9. The minimum atomic E-state index is -0.373. The smallest absolute Gasteiger partial charge is 0.269 e. The molecule has 2 heterocycles. The van der Waals surface area contributed by atoms with E-state index in [1.54, 1.807) is 23.9 Å². The molecule has 8 heteroatoms. The van der Waals surface area contributed by atoms with Gasteiger partial charge in [0, 0.05) is 48.0 Å². The van der Waals surface area contributed by atoms with E-state index in [9.17, 15) is 10.1 Å². The molecule has 28 heavy (non-hydrogen) atoms. The number of H-pyrrole nitrogens is 1. The van der Waals surface area contributed by atoms with E-state index in [0.717, 1.165) is 28.6 Å². The summed E-state index contributed by atoms with van der Waals surface area (Å²) < 4.78 is 2.10. The van der Waals surface area contributed by atoms with Crippen LogP contribution in [0.1, 0.15) is 23.9 Å². The molecule has 0 spiro atoms. The number of nitrogens with zero attached hydrogens (tertiary/aromatic N) is 4. The first-order valence-corrected chi connectivity index (χ1v) is 9.97. The summed E-state index contributed by atoms with van der Waals surface area (Å²) in [5.41, 5.74) is 3.30. The SMILES string of the molecule is CCn1c(Cc2c[nH]c3ccccc23)nnc1SCc1cccc([N+](=O)[O-])c1. The van der Waals surface area contributed by atoms with E-state index in [-0.39, 0.29) is 10.6 Å². The van der Waals surface area contributed by atoms with Crippen LogP contribution in [-0.2, 0) is 18.7 Å². The summed E-state index contributed by atoms with van der Waals surface area (Å²) in [4.78, 5) is 13.9. The van der Waals surface area contributed by atoms with Crippen LogP contribution in [0.2, 0.25) is 0 Å². The van der Waals surface area contributed by atoms with Crippen molar-refractivity contribution in [3.63, 3.8) is 0 Å². The molecule has 2 aromatic heterocycles. The molecule has 0 unspecified atom stereocenters. The second kappa shape index (κ2) is 7.85. The van der Waals surface area contributed by atoms with Crippen molar-refractivity contribution in [2.45, 2.75) is 30.8 Å². The Labute approximate surface area is 165 Å². The second-order valence-electron chi connectivity index (χ2n) is 6.40. The molecule has 0 amide bonds. The Morgan fingerprint density at radius 1 is 1.18 bits per heavy atom. The van der Waals surface area contributed by atoms with Gasteiger partial charge in [0.05, 0.1) is 4.92 Å². The van der Waals surface area contributed by atoms with E-state index in [0.29, 0.717) is 12.2 Å². The first kappa shape index (κ1) is 18.2. The van der Waals surface area contributed by atoms with Crippen LogP contribution in [0.25, 0.3) is 10.9 Å². The molecule has 142 valence electrons. The topological polar surface area (TPSA) is 89.6 Å². The monoisotopic (exact) mass is 393 g/mol. The van der Waals surface area contributed by atoms with E-state index in [4.69, 9.17) is 0 Å². The fraction of sp³-hybridized carbons (Fsp3) is 0.200. The van der Waals surface area contributed by atoms with E-state index < -0.39 is 0 Å². The van der Waals surface area contributed by atoms with E-state index in [2.05, 4.69) is 38.8 Å². The van der Waals surface area contributed by atoms with Crippen molar-refractivity contribution in [3.05, 3.63) is 81.8 Å². The quantitative estimate of drug-likeness (QED) is 0.282. The van der Waals surface area contributed by atoms with Crippen LogP contribution in [0.3, 0.4) is 0 Å². The molecule has 1 N–H and O–H groups in total. The number of non-ortho nitro benzene ring substituents is 1. The molecule has 0 aliphatic carbocycles. The van der Waals surface area contributed by atoms with Gasteiger partial charge in [0.15, 0.2) is 5.16 Å². The number of benzene rings is 2. The van der Waals surface area contributed by atoms with Crippen molar-refractivity contribution in [3.8, 4) is 0 Å². The van der Waals surface area contributed by atoms with Crippen molar-refractivity contribution >= 4 is 28.4 Å². The Bertz CT molecular complexity index is 1130. The van der Waals surface area contributed by atoms with E-state index in [1.807, 2.05) is 24.4 Å². The highest BCUT2D eigenvalue weighted by Gasteiger charge is 2.14. The number of para-hydroxylation sites is 1. The maximum atomic E-state index is 10.9. The Kier molecular flexibility index (Phi) is 5.12. The summed E-state index contributed by atoms with van der Waals surface area (Å²) in [6.07, 6.45) is 2.72. The van der Waals surface area contributed by atoms with Gasteiger partial charge in [-0.15, -0.1) is 10.2 Å². The average Bonchev–Trinajstić information content (AvgIpc) is 3.31. The molecule has 2 aromatic carbocycles. The maximum Gasteiger partial charge on any atom is 0.269 e. The largest absolute Gasteiger partial charge is 0.361 e. The van der Waals surface area contributed by atoms with Crippen LogP contribution in [0.4, 0.5) is 5.69 Å². The molecule has 7 nitrogen and oxygen atoms in total. The summed E-state index contributed by atoms with van der Waals surface area (Å²) in [7, 11) is 0. The van der Waals surface area contributed by atoms with Gasteiger partial charge in [-0.1, -0.05) is 42.1 Å². The minimum Gasteiger partial charge on any atom is -0.361 e. The third kappa shape index (κ3) is 3.63. The number of aromatic amines is 1. The third-order valence-corrected chi connectivity index (χ3v) is 5.66. The second-order valence-corrected chi connectivity index (χ2v) is 7.34. The van der Waals surface area contributed by atoms with Gasteiger partial charge in [0.2, 0.25) is 0 Å². The van der Waals surface area contributed by atoms with Crippen molar-refractivity contribution in [1.29, 1.82) is 0 Å². The lowest BCUT2D eigenvalue weighted by Crippen LogP contribution is -2.04. The number of thioether (sulfide) groups is 1. The van der Waals surface area contributed by atoms with Gasteiger partial charge >= 0.3 is 0 Å². The molecule has 0 aliphatic rings. The average molecular weight is 393 g/mol. The van der Waals surface area contributed by atoms with Gasteiger partial charge in [-0.3, -0.25) is 10.1 Å². The molecule has 0 radical (unpaired) electrons. The van der Waals surface area contributed by atoms with Crippen LogP contribution in [0.15, 0.2) is 59.9 Å². The van der Waals surface area contributed by atoms with Gasteiger partial charge < -0.3 is 9.55 Å². The molecule has 4 aromatic rings. The zero-order valence-electron chi connectivity index (χ0n) is 15.3. The number of rotatable bonds is 7. The van der Waals surface area contributed by atoms with Gasteiger partial charge in [0.25, 0.3) is 5.69 Å². The fourth-order valence-corrected chi connectivity index (χ4v) is 4.19. The lowest BCUT2D eigenvalue weighted by atomic mass is 10.1. The molecule has 0 aliphatic heterocycles. The Hall–Kier alpha value is -3.13. The summed E-state index contributed by atoms with van der Waals surface area (Å²) in [5.74, 6) is 1.51. The predicted octanol–water partition coefficient (Wildman–Crippen LogP) is 4.57. The summed E-state index contributed by atoms with van der Waals surface area (Å²) in [6.45, 7) is 2.83. The van der Waals surface area contributed by atoms with Gasteiger partial charge in [0.1, 0.15) is 5.82 Å². The highest BCUT2D eigenvalue weighted by molar-refractivity contribution is 7.98. The highest BCUT2D eigenvalue weighted by atomic mass is 32.2. The molecule has 0 saturated carbocycles. The molecule has 0 atom stereocenters. The van der Waals surface area contributed by atoms with Crippen molar-refractivity contribution in [2.75, 3.05) is 0 Å². The van der Waals surface area contributed by atoms with Crippen LogP contribution >= 0.6 is 11.8 Å². The number of fused-ring (bicyclic) bond motifs is 1. The number of nitrogens with one attached hydrogen (secondary N) is 1. The number of nitro groups is 1. The fourth-order valence-electron chi connectivity index (χ4n) is 3.23. The van der Waals surface area contributed by atoms with Crippen LogP contribution in [-0.4, -0.2) is 24.7 Å². The molecular weight excluding hydrogens is 374 g/mol. The Balaban J connectivity index is 1.53. The van der Waals surface area contributed by atoms with Gasteiger partial charge in [-0.2, -0.15) is 0 Å². The van der Waals surface area contributed by atoms with Crippen LogP contribution in [0.5, 0.6) is 0 Å². The molecule has 0 bridgehead atoms. The van der Waals surface area contributed by atoms with Crippen molar-refractivity contribution in [1.82, 2.24) is 19.7 Å². The van der Waals surface area contributed by atoms with Gasteiger partial charge in [-0.05, 0) is 24.1 Å². The van der Waals surface area contributed by atoms with Crippen molar-refractivity contribution in [2.24, 2.45) is 0 Å². The first-order chi connectivity index (χ1) is 13.7. The predicted molar refractivity (Wildman–Crippen MR) is 109 cm³/mol. The minimum absolute atomic E-state index is 0.107. The normalized spacial score (nSPS) is 11.2. The third-order valence-electron chi connectivity index (χ3n) is 4.62. The van der Waals surface area contributed by atoms with Crippen LogP contribution < -0.4 is 0 Å². The Morgan fingerprint density at radius 2 is 2.04 bits per heavy atom. The zero-order valence-corrected chi connectivity index (χ0v) is 16.1. The first-order valence-electron chi connectivity index (χ1n) is 8.99. The highest BCUT2D eigenvalue weighted by Crippen LogP contribution is 2.26. The Morgan fingerprint density at radius 3 is 2.86 bits per heavy atom. The van der Waals surface area contributed by atoms with E-state index in [1.165, 1.54) is 17.0 Å².